The average Bonchev–Trinajstić information content (AvgIpc) is 2.30. The zero-order chi connectivity index (χ0) is 11.4. The van der Waals surface area contributed by atoms with Crippen LogP contribution in [0.5, 0.6) is 0 Å². The van der Waals surface area contributed by atoms with Crippen LogP contribution in [0.25, 0.3) is 0 Å². The Hall–Kier alpha value is -1.30. The topological polar surface area (TPSA) is 0 Å². The second-order valence-corrected chi connectivity index (χ2v) is 4.65. The highest BCUT2D eigenvalue weighted by Crippen LogP contribution is 2.23. The molecule has 0 amide bonds. The lowest BCUT2D eigenvalue weighted by molar-refractivity contribution is 0.821. The second kappa shape index (κ2) is 5.16. The van der Waals surface area contributed by atoms with E-state index in [-0.39, 0.29) is 0 Å². The highest BCUT2D eigenvalue weighted by Gasteiger charge is 2.05. The first-order chi connectivity index (χ1) is 7.77. The molecule has 0 atom stereocenters. The molecular weight excluding hydrogens is 192 g/mol. The molecule has 16 heavy (non-hydrogen) atoms. The zero-order valence-corrected chi connectivity index (χ0v) is 10.3. The zero-order valence-electron chi connectivity index (χ0n) is 10.3. The van der Waals surface area contributed by atoms with Gasteiger partial charge in [0.1, 0.15) is 0 Å². The molecule has 0 saturated heterocycles. The van der Waals surface area contributed by atoms with Crippen molar-refractivity contribution in [2.24, 2.45) is 0 Å². The van der Waals surface area contributed by atoms with Crippen LogP contribution in [0.1, 0.15) is 37.3 Å². The van der Waals surface area contributed by atoms with Crippen molar-refractivity contribution >= 4 is 0 Å². The summed E-state index contributed by atoms with van der Waals surface area (Å²) in [6.07, 6.45) is 9.45. The number of hydrogen-bond acceptors (Lipinski definition) is 0. The minimum Gasteiger partial charge on any atom is -0.0840 e. The van der Waals surface area contributed by atoms with E-state index in [2.05, 4.69) is 50.3 Å². The van der Waals surface area contributed by atoms with E-state index >= 15 is 0 Å². The van der Waals surface area contributed by atoms with Crippen LogP contribution in [0, 0.1) is 6.92 Å². The molecule has 0 heterocycles. The normalized spacial score (nSPS) is 15.6. The number of aryl methyl sites for hydroxylation is 2. The Kier molecular flexibility index (Phi) is 3.61. The molecule has 84 valence electrons. The molecule has 0 bridgehead atoms. The first-order valence-electron chi connectivity index (χ1n) is 6.17. The van der Waals surface area contributed by atoms with Gasteiger partial charge in [0.05, 0.1) is 0 Å². The third-order valence-electron chi connectivity index (χ3n) is 3.50. The lowest BCUT2D eigenvalue weighted by atomic mass is 9.92. The van der Waals surface area contributed by atoms with Crippen LogP contribution >= 0.6 is 0 Å². The fourth-order valence-electron chi connectivity index (χ4n) is 2.33. The lowest BCUT2D eigenvalue weighted by Crippen LogP contribution is -1.96. The lowest BCUT2D eigenvalue weighted by Gasteiger charge is -2.14. The van der Waals surface area contributed by atoms with Crippen LogP contribution in [-0.4, -0.2) is 0 Å². The number of hydrogen-bond donors (Lipinski definition) is 0. The molecule has 0 saturated carbocycles. The molecule has 0 heteroatoms. The Labute approximate surface area is 98.7 Å². The van der Waals surface area contributed by atoms with Gasteiger partial charge in [0.25, 0.3) is 0 Å². The van der Waals surface area contributed by atoms with E-state index in [0.717, 1.165) is 0 Å². The van der Waals surface area contributed by atoms with Crippen LogP contribution in [0.4, 0.5) is 0 Å². The Morgan fingerprint density at radius 3 is 2.62 bits per heavy atom. The highest BCUT2D eigenvalue weighted by molar-refractivity contribution is 5.30. The van der Waals surface area contributed by atoms with Crippen LogP contribution in [0.15, 0.2) is 47.6 Å². The minimum absolute atomic E-state index is 1.19. The first kappa shape index (κ1) is 11.2. The number of allylic oxidation sites excluding steroid dienone is 4. The summed E-state index contributed by atoms with van der Waals surface area (Å²) in [4.78, 5) is 0. The molecule has 0 N–H and O–H groups in total. The van der Waals surface area contributed by atoms with Gasteiger partial charge in [-0.3, -0.25) is 0 Å². The monoisotopic (exact) mass is 212 g/mol. The Morgan fingerprint density at radius 2 is 1.88 bits per heavy atom. The van der Waals surface area contributed by atoms with Gasteiger partial charge in [0.15, 0.2) is 0 Å². The summed E-state index contributed by atoms with van der Waals surface area (Å²) < 4.78 is 0. The maximum atomic E-state index is 2.28. The van der Waals surface area contributed by atoms with Crippen LogP contribution in [0.3, 0.4) is 0 Å². The van der Waals surface area contributed by atoms with Gasteiger partial charge < -0.3 is 0 Å². The van der Waals surface area contributed by atoms with Gasteiger partial charge in [0.2, 0.25) is 0 Å². The predicted molar refractivity (Wildman–Crippen MR) is 70.6 cm³/mol. The molecule has 0 fully saturated rings. The van der Waals surface area contributed by atoms with E-state index in [4.69, 9.17) is 0 Å². The molecule has 0 radical (unpaired) electrons. The van der Waals surface area contributed by atoms with E-state index in [0.29, 0.717) is 0 Å². The Balaban J connectivity index is 2.03. The largest absolute Gasteiger partial charge is 0.0840 e. The highest BCUT2D eigenvalue weighted by atomic mass is 14.1. The molecular formula is C16H20. The third kappa shape index (κ3) is 2.63. The van der Waals surface area contributed by atoms with Crippen molar-refractivity contribution in [2.45, 2.75) is 39.5 Å². The van der Waals surface area contributed by atoms with Gasteiger partial charge in [0, 0.05) is 0 Å². The summed E-state index contributed by atoms with van der Waals surface area (Å²) in [5, 5.41) is 0. The molecule has 0 nitrogen and oxygen atoms in total. The molecule has 0 spiro atoms. The van der Waals surface area contributed by atoms with Crippen molar-refractivity contribution in [3.05, 3.63) is 58.7 Å². The SMILES string of the molecule is CC1=C(CCc2ccccc2C)CCC=C1. The number of benzene rings is 1. The minimum atomic E-state index is 1.19. The quantitative estimate of drug-likeness (QED) is 0.687. The van der Waals surface area contributed by atoms with E-state index < -0.39 is 0 Å². The fourth-order valence-corrected chi connectivity index (χ4v) is 2.33. The third-order valence-corrected chi connectivity index (χ3v) is 3.50. The van der Waals surface area contributed by atoms with Crippen molar-refractivity contribution in [3.63, 3.8) is 0 Å². The first-order valence-corrected chi connectivity index (χ1v) is 6.17. The van der Waals surface area contributed by atoms with E-state index in [1.807, 2.05) is 0 Å². The van der Waals surface area contributed by atoms with Crippen LogP contribution in [0.2, 0.25) is 0 Å². The molecule has 0 aliphatic heterocycles. The van der Waals surface area contributed by atoms with Crippen LogP contribution in [-0.2, 0) is 6.42 Å². The molecule has 1 aliphatic rings. The van der Waals surface area contributed by atoms with Gasteiger partial charge in [-0.15, -0.1) is 0 Å². The fraction of sp³-hybridized carbons (Fsp3) is 0.375. The van der Waals surface area contributed by atoms with Crippen molar-refractivity contribution in [1.29, 1.82) is 0 Å². The maximum absolute atomic E-state index is 2.28. The molecule has 0 unspecified atom stereocenters. The molecule has 1 aliphatic carbocycles. The molecule has 1 aromatic rings. The molecule has 2 rings (SSSR count). The van der Waals surface area contributed by atoms with Crippen molar-refractivity contribution < 1.29 is 0 Å². The van der Waals surface area contributed by atoms with Crippen molar-refractivity contribution in [3.8, 4) is 0 Å². The van der Waals surface area contributed by atoms with Crippen molar-refractivity contribution in [1.82, 2.24) is 0 Å². The summed E-state index contributed by atoms with van der Waals surface area (Å²) in [5.41, 5.74) is 6.05. The summed E-state index contributed by atoms with van der Waals surface area (Å²) in [6, 6.07) is 8.72. The summed E-state index contributed by atoms with van der Waals surface area (Å²) in [7, 11) is 0. The smallest absolute Gasteiger partial charge is 0.0239 e. The number of rotatable bonds is 3. The standard InChI is InChI=1S/C16H20/c1-13-7-3-5-9-15(13)11-12-16-10-6-4-8-14(16)2/h3-5,7-9H,6,10-12H2,1-2H3. The Bertz CT molecular complexity index is 421. The average molecular weight is 212 g/mol. The Morgan fingerprint density at radius 1 is 1.06 bits per heavy atom. The summed E-state index contributed by atoms with van der Waals surface area (Å²) in [5.74, 6) is 0. The van der Waals surface area contributed by atoms with E-state index in [9.17, 15) is 0 Å². The second-order valence-electron chi connectivity index (χ2n) is 4.65. The van der Waals surface area contributed by atoms with Crippen LogP contribution < -0.4 is 0 Å². The molecule has 0 aromatic heterocycles. The van der Waals surface area contributed by atoms with E-state index in [1.165, 1.54) is 42.4 Å². The van der Waals surface area contributed by atoms with Gasteiger partial charge in [-0.1, -0.05) is 47.6 Å². The van der Waals surface area contributed by atoms with Gasteiger partial charge in [-0.05, 0) is 50.7 Å². The summed E-state index contributed by atoms with van der Waals surface area (Å²) >= 11 is 0. The maximum Gasteiger partial charge on any atom is -0.0239 e. The van der Waals surface area contributed by atoms with Gasteiger partial charge in [-0.25, -0.2) is 0 Å². The summed E-state index contributed by atoms with van der Waals surface area (Å²) in [6.45, 7) is 4.44. The van der Waals surface area contributed by atoms with Gasteiger partial charge >= 0.3 is 0 Å². The van der Waals surface area contributed by atoms with E-state index in [1.54, 1.807) is 5.57 Å². The van der Waals surface area contributed by atoms with Gasteiger partial charge in [-0.2, -0.15) is 0 Å². The molecule has 1 aromatic carbocycles. The predicted octanol–water partition coefficient (Wildman–Crippen LogP) is 4.59. The van der Waals surface area contributed by atoms with Crippen molar-refractivity contribution in [2.75, 3.05) is 0 Å².